The molecule has 5 nitrogen and oxygen atoms in total. The molecule has 0 radical (unpaired) electrons. The van der Waals surface area contributed by atoms with Crippen LogP contribution in [-0.2, 0) is 18.3 Å². The maximum absolute atomic E-state index is 14.1. The van der Waals surface area contributed by atoms with E-state index in [-0.39, 0.29) is 17.0 Å². The Labute approximate surface area is 161 Å². The maximum Gasteiger partial charge on any atom is 0.240 e. The molecule has 1 atom stereocenters. The maximum atomic E-state index is 14.1. The van der Waals surface area contributed by atoms with Crippen LogP contribution in [-0.4, -0.2) is 32.5 Å². The number of hydrogen-bond acceptors (Lipinski definition) is 4. The van der Waals surface area contributed by atoms with Crippen molar-refractivity contribution in [2.45, 2.75) is 23.8 Å². The van der Waals surface area contributed by atoms with Gasteiger partial charge in [0.25, 0.3) is 0 Å². The van der Waals surface area contributed by atoms with Crippen LogP contribution in [0.4, 0.5) is 10.1 Å². The zero-order chi connectivity index (χ0) is 19.0. The smallest absolute Gasteiger partial charge is 0.240 e. The molecule has 2 aromatic carbocycles. The van der Waals surface area contributed by atoms with E-state index in [1.807, 2.05) is 30.0 Å². The van der Waals surface area contributed by atoms with Gasteiger partial charge in [0.2, 0.25) is 5.91 Å². The highest BCUT2D eigenvalue weighted by molar-refractivity contribution is 8.00. The van der Waals surface area contributed by atoms with Crippen LogP contribution in [0.15, 0.2) is 53.7 Å². The third-order valence-corrected chi connectivity index (χ3v) is 5.85. The van der Waals surface area contributed by atoms with E-state index >= 15 is 0 Å². The first kappa shape index (κ1) is 17.7. The first-order valence-electron chi connectivity index (χ1n) is 8.76. The number of para-hydroxylation sites is 1. The van der Waals surface area contributed by atoms with Crippen molar-refractivity contribution in [3.05, 3.63) is 59.9 Å². The van der Waals surface area contributed by atoms with E-state index in [1.54, 1.807) is 29.8 Å². The van der Waals surface area contributed by atoms with Crippen molar-refractivity contribution in [1.29, 1.82) is 0 Å². The Morgan fingerprint density at radius 3 is 2.70 bits per heavy atom. The minimum Gasteiger partial charge on any atom is -0.311 e. The predicted molar refractivity (Wildman–Crippen MR) is 104 cm³/mol. The van der Waals surface area contributed by atoms with Gasteiger partial charge in [0.1, 0.15) is 5.82 Å². The van der Waals surface area contributed by atoms with Crippen molar-refractivity contribution in [3.63, 3.8) is 0 Å². The van der Waals surface area contributed by atoms with Crippen LogP contribution >= 0.6 is 11.8 Å². The molecule has 0 spiro atoms. The monoisotopic (exact) mass is 382 g/mol. The molecule has 2 heterocycles. The van der Waals surface area contributed by atoms with Crippen molar-refractivity contribution in [2.24, 2.45) is 7.05 Å². The Morgan fingerprint density at radius 2 is 1.89 bits per heavy atom. The fourth-order valence-corrected chi connectivity index (χ4v) is 4.17. The van der Waals surface area contributed by atoms with Crippen LogP contribution in [0.25, 0.3) is 11.4 Å². The van der Waals surface area contributed by atoms with Crippen molar-refractivity contribution in [3.8, 4) is 11.4 Å². The fourth-order valence-electron chi connectivity index (χ4n) is 3.29. The number of hydrogen-bond donors (Lipinski definition) is 0. The number of benzene rings is 2. The molecule has 3 aromatic rings. The van der Waals surface area contributed by atoms with Gasteiger partial charge in [0.05, 0.1) is 10.8 Å². The Morgan fingerprint density at radius 1 is 1.15 bits per heavy atom. The number of rotatable bonds is 4. The number of thioether (sulfide) groups is 1. The van der Waals surface area contributed by atoms with E-state index in [0.717, 1.165) is 12.1 Å². The van der Waals surface area contributed by atoms with Crippen LogP contribution in [0.5, 0.6) is 0 Å². The van der Waals surface area contributed by atoms with E-state index in [0.29, 0.717) is 23.1 Å². The molecule has 1 amide bonds. The highest BCUT2D eigenvalue weighted by atomic mass is 32.2. The number of aromatic nitrogens is 3. The molecule has 1 aliphatic rings. The molecule has 1 aliphatic heterocycles. The van der Waals surface area contributed by atoms with Crippen LogP contribution in [0.2, 0.25) is 0 Å². The number of carbonyl (C=O) groups is 1. The summed E-state index contributed by atoms with van der Waals surface area (Å²) < 4.78 is 15.8. The Hall–Kier alpha value is -2.67. The molecule has 27 heavy (non-hydrogen) atoms. The Bertz CT molecular complexity index is 1000. The molecule has 0 saturated carbocycles. The lowest BCUT2D eigenvalue weighted by molar-refractivity contribution is -0.117. The zero-order valence-corrected chi connectivity index (χ0v) is 15.9. The number of anilines is 1. The molecule has 0 bridgehead atoms. The largest absolute Gasteiger partial charge is 0.311 e. The van der Waals surface area contributed by atoms with E-state index in [1.165, 1.54) is 23.4 Å². The van der Waals surface area contributed by atoms with Gasteiger partial charge in [0.15, 0.2) is 11.0 Å². The number of nitrogens with zero attached hydrogens (tertiary/aromatic N) is 4. The Balaban J connectivity index is 1.53. The topological polar surface area (TPSA) is 51.0 Å². The molecular weight excluding hydrogens is 363 g/mol. The molecule has 4 rings (SSSR count). The lowest BCUT2D eigenvalue weighted by Crippen LogP contribution is -2.35. The minimum atomic E-state index is -0.345. The molecule has 0 unspecified atom stereocenters. The summed E-state index contributed by atoms with van der Waals surface area (Å²) in [6.45, 7) is 2.56. The average molecular weight is 382 g/mol. The molecule has 0 N–H and O–H groups in total. The van der Waals surface area contributed by atoms with Gasteiger partial charge in [-0.2, -0.15) is 0 Å². The van der Waals surface area contributed by atoms with E-state index in [9.17, 15) is 9.18 Å². The van der Waals surface area contributed by atoms with Gasteiger partial charge in [-0.25, -0.2) is 4.39 Å². The lowest BCUT2D eigenvalue weighted by atomic mass is 10.2. The van der Waals surface area contributed by atoms with Crippen LogP contribution in [0, 0.1) is 5.82 Å². The normalized spacial score (nSPS) is 14.3. The van der Waals surface area contributed by atoms with E-state index < -0.39 is 0 Å². The summed E-state index contributed by atoms with van der Waals surface area (Å²) in [5, 5.41) is 8.54. The van der Waals surface area contributed by atoms with Gasteiger partial charge in [-0.3, -0.25) is 4.79 Å². The van der Waals surface area contributed by atoms with Crippen LogP contribution in [0.3, 0.4) is 0 Å². The molecule has 138 valence electrons. The van der Waals surface area contributed by atoms with Gasteiger partial charge in [-0.15, -0.1) is 10.2 Å². The van der Waals surface area contributed by atoms with Gasteiger partial charge in [-0.1, -0.05) is 42.1 Å². The predicted octanol–water partition coefficient (Wildman–Crippen LogP) is 3.69. The van der Waals surface area contributed by atoms with Gasteiger partial charge in [0, 0.05) is 19.3 Å². The molecule has 1 aromatic heterocycles. The van der Waals surface area contributed by atoms with E-state index in [2.05, 4.69) is 16.3 Å². The second-order valence-electron chi connectivity index (χ2n) is 6.47. The highest BCUT2D eigenvalue weighted by Crippen LogP contribution is 2.32. The molecule has 0 aliphatic carbocycles. The van der Waals surface area contributed by atoms with E-state index in [4.69, 9.17) is 0 Å². The van der Waals surface area contributed by atoms with Crippen molar-refractivity contribution >= 4 is 23.4 Å². The number of carbonyl (C=O) groups excluding carboxylic acids is 1. The van der Waals surface area contributed by atoms with Gasteiger partial charge < -0.3 is 9.47 Å². The summed E-state index contributed by atoms with van der Waals surface area (Å²) >= 11 is 1.34. The second-order valence-corrected chi connectivity index (χ2v) is 7.78. The van der Waals surface area contributed by atoms with Gasteiger partial charge in [-0.05, 0) is 37.1 Å². The summed E-state index contributed by atoms with van der Waals surface area (Å²) in [5.74, 6) is 0.143. The quantitative estimate of drug-likeness (QED) is 0.646. The third-order valence-electron chi connectivity index (χ3n) is 4.73. The summed E-state index contributed by atoms with van der Waals surface area (Å²) in [4.78, 5) is 14.8. The van der Waals surface area contributed by atoms with Crippen LogP contribution in [0.1, 0.15) is 12.5 Å². The third kappa shape index (κ3) is 3.23. The highest BCUT2D eigenvalue weighted by Gasteiger charge is 2.29. The van der Waals surface area contributed by atoms with Crippen molar-refractivity contribution in [2.75, 3.05) is 11.4 Å². The van der Waals surface area contributed by atoms with Crippen molar-refractivity contribution < 1.29 is 9.18 Å². The molecule has 7 heteroatoms. The minimum absolute atomic E-state index is 0.0420. The molecular formula is C20H19FN4OS. The number of halogens is 1. The van der Waals surface area contributed by atoms with Crippen molar-refractivity contribution in [1.82, 2.24) is 14.8 Å². The molecule has 0 fully saturated rings. The SMILES string of the molecule is C[C@H](Sc1nnc(-c2ccccc2F)n1C)C(=O)N1CCc2ccccc21. The van der Waals surface area contributed by atoms with Crippen LogP contribution < -0.4 is 4.90 Å². The summed E-state index contributed by atoms with van der Waals surface area (Å²) in [6, 6.07) is 14.5. The molecule has 0 saturated heterocycles. The standard InChI is InChI=1S/C20H19FN4OS/c1-13(19(26)25-12-11-14-7-3-6-10-17(14)25)27-20-23-22-18(24(20)2)15-8-4-5-9-16(15)21/h3-10,13H,11-12H2,1-2H3/t13-/m0/s1. The first-order chi connectivity index (χ1) is 13.1. The first-order valence-corrected chi connectivity index (χ1v) is 9.64. The zero-order valence-electron chi connectivity index (χ0n) is 15.1. The Kier molecular flexibility index (Phi) is 4.70. The average Bonchev–Trinajstić information content (AvgIpc) is 3.26. The second kappa shape index (κ2) is 7.15. The number of amides is 1. The number of fused-ring (bicyclic) bond motifs is 1. The lowest BCUT2D eigenvalue weighted by Gasteiger charge is -2.21. The summed E-state index contributed by atoms with van der Waals surface area (Å²) in [5.41, 5.74) is 2.58. The van der Waals surface area contributed by atoms with Gasteiger partial charge >= 0.3 is 0 Å². The fraction of sp³-hybridized carbons (Fsp3) is 0.250. The summed E-state index contributed by atoms with van der Waals surface area (Å²) in [6.07, 6.45) is 0.876. The summed E-state index contributed by atoms with van der Waals surface area (Å²) in [7, 11) is 1.78.